The molecule has 0 aliphatic carbocycles. The van der Waals surface area contributed by atoms with Crippen LogP contribution < -0.4 is 16.2 Å². The average molecular weight is 316 g/mol. The van der Waals surface area contributed by atoms with Gasteiger partial charge >= 0.3 is 0 Å². The van der Waals surface area contributed by atoms with Crippen molar-refractivity contribution < 1.29 is 0 Å². The summed E-state index contributed by atoms with van der Waals surface area (Å²) in [6, 6.07) is 0. The fourth-order valence-electron chi connectivity index (χ4n) is 1.95. The number of H-pyrrole nitrogens is 1. The number of aromatic amines is 1. The zero-order valence-electron chi connectivity index (χ0n) is 10.2. The first kappa shape index (κ1) is 13.5. The maximum atomic E-state index is 11.3. The third-order valence-corrected chi connectivity index (χ3v) is 3.69. The molecule has 0 bridgehead atoms. The van der Waals surface area contributed by atoms with Crippen LogP contribution in [0, 0.1) is 0 Å². The van der Waals surface area contributed by atoms with Gasteiger partial charge in [0.05, 0.1) is 6.33 Å². The fraction of sp³-hybridized carbons (Fsp3) is 0.636. The van der Waals surface area contributed by atoms with E-state index in [1.165, 1.54) is 6.33 Å². The molecule has 0 radical (unpaired) electrons. The minimum absolute atomic E-state index is 0.158. The van der Waals surface area contributed by atoms with Crippen LogP contribution in [-0.2, 0) is 0 Å². The Morgan fingerprint density at radius 3 is 3.00 bits per heavy atom. The minimum Gasteiger partial charge on any atom is -0.369 e. The quantitative estimate of drug-likeness (QED) is 0.679. The van der Waals surface area contributed by atoms with Crippen LogP contribution in [0.1, 0.15) is 6.42 Å². The Labute approximate surface area is 114 Å². The summed E-state index contributed by atoms with van der Waals surface area (Å²) in [5.74, 6) is 0.610. The number of hydrogen-bond donors (Lipinski definition) is 3. The zero-order valence-corrected chi connectivity index (χ0v) is 11.8. The van der Waals surface area contributed by atoms with Crippen LogP contribution in [-0.4, -0.2) is 54.1 Å². The van der Waals surface area contributed by atoms with Gasteiger partial charge in [0.2, 0.25) is 0 Å². The monoisotopic (exact) mass is 315 g/mol. The fourth-order valence-corrected chi connectivity index (χ4v) is 2.31. The maximum Gasteiger partial charge on any atom is 0.267 e. The third-order valence-electron chi connectivity index (χ3n) is 2.95. The molecule has 1 aliphatic heterocycles. The van der Waals surface area contributed by atoms with Gasteiger partial charge in [-0.2, -0.15) is 0 Å². The van der Waals surface area contributed by atoms with E-state index in [9.17, 15) is 4.79 Å². The van der Waals surface area contributed by atoms with Crippen molar-refractivity contribution in [3.63, 3.8) is 0 Å². The Balaban J connectivity index is 1.71. The van der Waals surface area contributed by atoms with Crippen LogP contribution in [0.15, 0.2) is 15.6 Å². The van der Waals surface area contributed by atoms with Crippen LogP contribution in [0.3, 0.4) is 0 Å². The van der Waals surface area contributed by atoms with Crippen molar-refractivity contribution in [3.8, 4) is 0 Å². The van der Waals surface area contributed by atoms with E-state index in [2.05, 4.69) is 41.4 Å². The first-order chi connectivity index (χ1) is 8.77. The molecule has 1 saturated heterocycles. The number of aromatic nitrogens is 2. The molecule has 0 saturated carbocycles. The number of rotatable bonds is 5. The lowest BCUT2D eigenvalue weighted by molar-refractivity contribution is 0.240. The summed E-state index contributed by atoms with van der Waals surface area (Å²) in [5.41, 5.74) is -0.158. The van der Waals surface area contributed by atoms with Crippen molar-refractivity contribution in [3.05, 3.63) is 21.2 Å². The van der Waals surface area contributed by atoms with E-state index in [4.69, 9.17) is 0 Å². The smallest absolute Gasteiger partial charge is 0.267 e. The van der Waals surface area contributed by atoms with Gasteiger partial charge in [0, 0.05) is 32.7 Å². The van der Waals surface area contributed by atoms with Crippen molar-refractivity contribution in [1.29, 1.82) is 0 Å². The van der Waals surface area contributed by atoms with Gasteiger partial charge in [0.25, 0.3) is 5.56 Å². The van der Waals surface area contributed by atoms with Gasteiger partial charge in [-0.1, -0.05) is 0 Å². The van der Waals surface area contributed by atoms with Crippen molar-refractivity contribution in [2.75, 3.05) is 44.6 Å². The molecule has 0 amide bonds. The molecule has 2 heterocycles. The number of hydrogen-bond acceptors (Lipinski definition) is 5. The largest absolute Gasteiger partial charge is 0.369 e. The number of nitrogens with one attached hydrogen (secondary N) is 3. The Kier molecular flexibility index (Phi) is 5.15. The van der Waals surface area contributed by atoms with Crippen LogP contribution in [0.25, 0.3) is 0 Å². The maximum absolute atomic E-state index is 11.3. The lowest BCUT2D eigenvalue weighted by Gasteiger charge is -2.27. The summed E-state index contributed by atoms with van der Waals surface area (Å²) < 4.78 is 0.465. The van der Waals surface area contributed by atoms with Crippen LogP contribution >= 0.6 is 15.9 Å². The zero-order chi connectivity index (χ0) is 12.8. The van der Waals surface area contributed by atoms with Crippen molar-refractivity contribution in [1.82, 2.24) is 20.2 Å². The predicted octanol–water partition coefficient (Wildman–Crippen LogP) is 0.240. The highest BCUT2D eigenvalue weighted by atomic mass is 79.9. The molecule has 6 nitrogen and oxygen atoms in total. The van der Waals surface area contributed by atoms with E-state index in [-0.39, 0.29) is 5.56 Å². The molecule has 3 N–H and O–H groups in total. The van der Waals surface area contributed by atoms with E-state index in [1.807, 2.05) is 0 Å². The van der Waals surface area contributed by atoms with Crippen LogP contribution in [0.2, 0.25) is 0 Å². The van der Waals surface area contributed by atoms with Gasteiger partial charge in [0.1, 0.15) is 10.3 Å². The molecule has 1 aliphatic rings. The Morgan fingerprint density at radius 1 is 1.44 bits per heavy atom. The van der Waals surface area contributed by atoms with Gasteiger partial charge in [-0.25, -0.2) is 4.98 Å². The SMILES string of the molecule is O=c1[nH]cnc(NCCCN2CCNCC2)c1Br. The third kappa shape index (κ3) is 3.79. The molecule has 0 aromatic carbocycles. The Morgan fingerprint density at radius 2 is 2.22 bits per heavy atom. The van der Waals surface area contributed by atoms with Crippen LogP contribution in [0.5, 0.6) is 0 Å². The number of piperazine rings is 1. The molecule has 100 valence electrons. The predicted molar refractivity (Wildman–Crippen MR) is 75.0 cm³/mol. The molecular formula is C11H18BrN5O. The van der Waals surface area contributed by atoms with Gasteiger partial charge in [-0.3, -0.25) is 4.79 Å². The molecular weight excluding hydrogens is 298 g/mol. The second-order valence-corrected chi connectivity index (χ2v) is 5.06. The molecule has 0 spiro atoms. The highest BCUT2D eigenvalue weighted by Crippen LogP contribution is 2.12. The lowest BCUT2D eigenvalue weighted by Crippen LogP contribution is -2.44. The first-order valence-corrected chi connectivity index (χ1v) is 6.97. The van der Waals surface area contributed by atoms with Gasteiger partial charge in [-0.15, -0.1) is 0 Å². The second kappa shape index (κ2) is 6.86. The van der Waals surface area contributed by atoms with E-state index >= 15 is 0 Å². The molecule has 7 heteroatoms. The second-order valence-electron chi connectivity index (χ2n) is 4.27. The molecule has 2 rings (SSSR count). The number of halogens is 1. The standard InChI is InChI=1S/C11H18BrN5O/c12-9-10(15-8-16-11(9)18)14-2-1-5-17-6-3-13-4-7-17/h8,13H,1-7H2,(H2,14,15,16,18). The van der Waals surface area contributed by atoms with E-state index in [0.29, 0.717) is 10.3 Å². The van der Waals surface area contributed by atoms with Gasteiger partial charge < -0.3 is 20.5 Å². The Bertz CT molecular complexity index is 430. The van der Waals surface area contributed by atoms with Crippen LogP contribution in [0.4, 0.5) is 5.82 Å². The molecule has 0 atom stereocenters. The van der Waals surface area contributed by atoms with E-state index in [0.717, 1.165) is 45.7 Å². The normalized spacial score (nSPS) is 16.7. The summed E-state index contributed by atoms with van der Waals surface area (Å²) in [5, 5.41) is 6.51. The molecule has 18 heavy (non-hydrogen) atoms. The first-order valence-electron chi connectivity index (χ1n) is 6.17. The van der Waals surface area contributed by atoms with Gasteiger partial charge in [-0.05, 0) is 28.9 Å². The summed E-state index contributed by atoms with van der Waals surface area (Å²) in [6.07, 6.45) is 2.45. The number of nitrogens with zero attached hydrogens (tertiary/aromatic N) is 2. The minimum atomic E-state index is -0.158. The molecule has 1 aromatic rings. The highest BCUT2D eigenvalue weighted by molar-refractivity contribution is 9.10. The summed E-state index contributed by atoms with van der Waals surface area (Å²) in [6.45, 7) is 6.29. The summed E-state index contributed by atoms with van der Waals surface area (Å²) in [7, 11) is 0. The average Bonchev–Trinajstić information content (AvgIpc) is 2.40. The summed E-state index contributed by atoms with van der Waals surface area (Å²) in [4.78, 5) is 20.4. The van der Waals surface area contributed by atoms with E-state index < -0.39 is 0 Å². The molecule has 0 unspecified atom stereocenters. The van der Waals surface area contributed by atoms with Gasteiger partial charge in [0.15, 0.2) is 0 Å². The molecule has 1 fully saturated rings. The lowest BCUT2D eigenvalue weighted by atomic mass is 10.3. The van der Waals surface area contributed by atoms with Crippen molar-refractivity contribution in [2.24, 2.45) is 0 Å². The topological polar surface area (TPSA) is 73.0 Å². The van der Waals surface area contributed by atoms with Crippen molar-refractivity contribution in [2.45, 2.75) is 6.42 Å². The van der Waals surface area contributed by atoms with E-state index in [1.54, 1.807) is 0 Å². The Hall–Kier alpha value is -0.920. The number of anilines is 1. The highest BCUT2D eigenvalue weighted by Gasteiger charge is 2.09. The van der Waals surface area contributed by atoms with Crippen molar-refractivity contribution >= 4 is 21.7 Å². The molecule has 1 aromatic heterocycles. The summed E-state index contributed by atoms with van der Waals surface area (Å²) >= 11 is 3.22.